The summed E-state index contributed by atoms with van der Waals surface area (Å²) in [6.45, 7) is 0. The van der Waals surface area contributed by atoms with Crippen molar-refractivity contribution in [3.8, 4) is 0 Å². The highest BCUT2D eigenvalue weighted by Crippen LogP contribution is 2.13. The van der Waals surface area contributed by atoms with E-state index in [1.54, 1.807) is 0 Å². The van der Waals surface area contributed by atoms with E-state index in [9.17, 15) is 13.2 Å². The molecule has 3 N–H and O–H groups in total. The van der Waals surface area contributed by atoms with Crippen LogP contribution in [0.5, 0.6) is 0 Å². The Morgan fingerprint density at radius 3 is 1.94 bits per heavy atom. The third kappa shape index (κ3) is 6.71. The van der Waals surface area contributed by atoms with Crippen molar-refractivity contribution in [1.29, 1.82) is 0 Å². The van der Waals surface area contributed by atoms with Gasteiger partial charge in [-0.05, 0) is 11.6 Å². The maximum atomic E-state index is 10.6. The number of hydrogen-bond acceptors (Lipinski definition) is 5. The molecule has 0 fully saturated rings. The molecule has 0 amide bonds. The lowest BCUT2D eigenvalue weighted by atomic mass is 9.83. The minimum Gasteiger partial charge on any atom is -0.475 e. The van der Waals surface area contributed by atoms with Crippen molar-refractivity contribution in [2.45, 2.75) is 6.18 Å². The second-order valence-electron chi connectivity index (χ2n) is 2.46. The average molecular weight is 274 g/mol. The molecule has 0 aromatic carbocycles. The van der Waals surface area contributed by atoms with Gasteiger partial charge in [0, 0.05) is 17.9 Å². The second-order valence-corrected chi connectivity index (χ2v) is 2.80. The van der Waals surface area contributed by atoms with Crippen LogP contribution in [0.4, 0.5) is 13.2 Å². The lowest BCUT2D eigenvalue weighted by molar-refractivity contribution is -0.192. The molecule has 6 nitrogen and oxygen atoms in total. The van der Waals surface area contributed by atoms with Crippen LogP contribution in [0.25, 0.3) is 0 Å². The van der Waals surface area contributed by atoms with Crippen molar-refractivity contribution in [2.75, 3.05) is 0 Å². The Labute approximate surface area is 97.8 Å². The van der Waals surface area contributed by atoms with Gasteiger partial charge in [-0.3, -0.25) is 0 Å². The summed E-state index contributed by atoms with van der Waals surface area (Å²) in [5, 5.41) is 24.3. The molecule has 0 saturated carbocycles. The van der Waals surface area contributed by atoms with Crippen LogP contribution in [-0.4, -0.2) is 44.4 Å². The zero-order valence-corrected chi connectivity index (χ0v) is 8.64. The lowest BCUT2D eigenvalue weighted by Gasteiger charge is -1.94. The Bertz CT molecular complexity index is 373. The molecule has 17 heavy (non-hydrogen) atoms. The summed E-state index contributed by atoms with van der Waals surface area (Å²) < 4.78 is 31.7. The Hall–Kier alpha value is -1.39. The topological polar surface area (TPSA) is 104 Å². The van der Waals surface area contributed by atoms with Gasteiger partial charge in [0.2, 0.25) is 5.28 Å². The van der Waals surface area contributed by atoms with Crippen molar-refractivity contribution < 1.29 is 33.1 Å². The molecule has 1 rings (SSSR count). The highest BCUT2D eigenvalue weighted by molar-refractivity contribution is 6.58. The number of carbonyl (C=O) groups is 1. The summed E-state index contributed by atoms with van der Waals surface area (Å²) in [7, 11) is -1.53. The van der Waals surface area contributed by atoms with E-state index in [1.165, 1.54) is 12.4 Å². The molecule has 0 spiro atoms. The Kier molecular flexibility index (Phi) is 5.86. The van der Waals surface area contributed by atoms with E-state index in [0.29, 0.717) is 0 Å². The van der Waals surface area contributed by atoms with Crippen molar-refractivity contribution in [3.63, 3.8) is 0 Å². The van der Waals surface area contributed by atoms with E-state index in [1.807, 2.05) is 0 Å². The van der Waals surface area contributed by atoms with E-state index in [0.717, 1.165) is 0 Å². The average Bonchev–Trinajstić information content (AvgIpc) is 2.17. The summed E-state index contributed by atoms with van der Waals surface area (Å²) in [4.78, 5) is 16.0. The first kappa shape index (κ1) is 15.6. The van der Waals surface area contributed by atoms with Gasteiger partial charge >= 0.3 is 19.3 Å². The summed E-state index contributed by atoms with van der Waals surface area (Å²) in [5.41, 5.74) is 0.226. The van der Waals surface area contributed by atoms with Crippen LogP contribution in [0.1, 0.15) is 0 Å². The Morgan fingerprint density at radius 1 is 1.35 bits per heavy atom. The highest BCUT2D eigenvalue weighted by Gasteiger charge is 2.38. The van der Waals surface area contributed by atoms with E-state index in [2.05, 4.69) is 9.97 Å². The van der Waals surface area contributed by atoms with Gasteiger partial charge in [-0.2, -0.15) is 13.2 Å². The highest BCUT2D eigenvalue weighted by atomic mass is 35.5. The number of nitrogens with zero attached hydrogens (tertiary/aromatic N) is 2. The maximum absolute atomic E-state index is 10.6. The number of aromatic nitrogens is 2. The molecule has 0 aliphatic heterocycles. The van der Waals surface area contributed by atoms with Crippen LogP contribution in [-0.2, 0) is 4.79 Å². The third-order valence-electron chi connectivity index (χ3n) is 1.18. The van der Waals surface area contributed by atoms with Crippen LogP contribution in [0.3, 0.4) is 0 Å². The predicted octanol–water partition coefficient (Wildman–Crippen LogP) is -0.557. The summed E-state index contributed by atoms with van der Waals surface area (Å²) >= 11 is 5.33. The third-order valence-corrected chi connectivity index (χ3v) is 1.38. The lowest BCUT2D eigenvalue weighted by Crippen LogP contribution is -2.30. The van der Waals surface area contributed by atoms with Crippen LogP contribution in [0, 0.1) is 0 Å². The number of carboxylic acid groups (broad SMARTS) is 1. The molecule has 0 radical (unpaired) electrons. The molecule has 1 aromatic rings. The van der Waals surface area contributed by atoms with Crippen LogP contribution in [0.15, 0.2) is 12.4 Å². The minimum atomic E-state index is -5.08. The SMILES string of the molecule is O=C(O)C(F)(F)F.OB(O)c1cn[14c](Cl)nc1. The minimum absolute atomic E-state index is 0.0874. The standard InChI is InChI=1S/C4H4BClN2O2.C2HF3O2/c6-4-7-1-3(2-8-4)5(9)10;3-2(4,5)1(6)7/h1-2,9-10H;(H,6,7)/i4+2;. The molecule has 0 aliphatic rings. The quantitative estimate of drug-likeness (QED) is 0.468. The van der Waals surface area contributed by atoms with Crippen molar-refractivity contribution >= 4 is 30.2 Å². The fourth-order valence-electron chi connectivity index (χ4n) is 0.456. The van der Waals surface area contributed by atoms with E-state index in [-0.39, 0.29) is 10.7 Å². The number of carboxylic acids is 1. The first-order chi connectivity index (χ1) is 7.64. The van der Waals surface area contributed by atoms with Gasteiger partial charge in [-0.1, -0.05) is 0 Å². The Morgan fingerprint density at radius 2 is 1.71 bits per heavy atom. The fourth-order valence-corrected chi connectivity index (χ4v) is 0.553. The zero-order valence-electron chi connectivity index (χ0n) is 7.89. The number of alkyl halides is 3. The molecule has 11 heteroatoms. The van der Waals surface area contributed by atoms with Crippen molar-refractivity contribution in [1.82, 2.24) is 9.97 Å². The van der Waals surface area contributed by atoms with Gasteiger partial charge in [0.15, 0.2) is 0 Å². The van der Waals surface area contributed by atoms with Crippen LogP contribution >= 0.6 is 11.6 Å². The Balaban J connectivity index is 0.000000325. The summed E-state index contributed by atoms with van der Waals surface area (Å²) in [5.74, 6) is -2.76. The van der Waals surface area contributed by atoms with Gasteiger partial charge in [0.1, 0.15) is 0 Å². The number of hydrogen-bond donors (Lipinski definition) is 3. The monoisotopic (exact) mass is 274 g/mol. The van der Waals surface area contributed by atoms with Gasteiger partial charge in [0.25, 0.3) is 0 Å². The molecule has 1 aromatic heterocycles. The molecular weight excluding hydrogens is 269 g/mol. The van der Waals surface area contributed by atoms with Gasteiger partial charge in [-0.15, -0.1) is 0 Å². The smallest absolute Gasteiger partial charge is 0.475 e. The fraction of sp³-hybridized carbons (Fsp3) is 0.167. The van der Waals surface area contributed by atoms with Gasteiger partial charge < -0.3 is 15.2 Å². The molecule has 94 valence electrons. The van der Waals surface area contributed by atoms with Crippen LogP contribution < -0.4 is 5.46 Å². The van der Waals surface area contributed by atoms with E-state index in [4.69, 9.17) is 31.6 Å². The number of halogens is 4. The first-order valence-corrected chi connectivity index (χ1v) is 4.16. The summed E-state index contributed by atoms with van der Waals surface area (Å²) in [6, 6.07) is 0. The molecule has 0 bridgehead atoms. The van der Waals surface area contributed by atoms with E-state index < -0.39 is 19.3 Å². The number of aliphatic carboxylic acids is 1. The van der Waals surface area contributed by atoms with Gasteiger partial charge in [-0.25, -0.2) is 14.8 Å². The molecule has 0 unspecified atom stereocenters. The molecule has 0 atom stereocenters. The first-order valence-electron chi connectivity index (χ1n) is 3.78. The molecule has 0 aliphatic carbocycles. The van der Waals surface area contributed by atoms with Crippen molar-refractivity contribution in [3.05, 3.63) is 17.7 Å². The van der Waals surface area contributed by atoms with Gasteiger partial charge in [0.05, 0.1) is 0 Å². The van der Waals surface area contributed by atoms with E-state index >= 15 is 0 Å². The zero-order chi connectivity index (χ0) is 13.6. The normalized spacial score (nSPS) is 10.2. The molecule has 0 saturated heterocycles. The molecular formula is C6H5BClF3N2O4. The second kappa shape index (κ2) is 6.37. The number of rotatable bonds is 1. The van der Waals surface area contributed by atoms with Crippen molar-refractivity contribution in [2.24, 2.45) is 0 Å². The maximum Gasteiger partial charge on any atom is 0.491 e. The molecule has 1 heterocycles. The summed E-state index contributed by atoms with van der Waals surface area (Å²) in [6.07, 6.45) is -2.58. The largest absolute Gasteiger partial charge is 0.491 e. The van der Waals surface area contributed by atoms with Crippen LogP contribution in [0.2, 0.25) is 5.28 Å². The predicted molar refractivity (Wildman–Crippen MR) is 50.6 cm³/mol.